The van der Waals surface area contributed by atoms with Crippen LogP contribution in [0, 0.1) is 6.92 Å². The Hall–Kier alpha value is -2.90. The Morgan fingerprint density at radius 2 is 1.65 bits per heavy atom. The summed E-state index contributed by atoms with van der Waals surface area (Å²) in [6.07, 6.45) is -0.944. The van der Waals surface area contributed by atoms with Gasteiger partial charge in [0.2, 0.25) is 0 Å². The number of anilines is 2. The van der Waals surface area contributed by atoms with Crippen LogP contribution >= 0.6 is 0 Å². The van der Waals surface area contributed by atoms with Gasteiger partial charge in [-0.2, -0.15) is 0 Å². The van der Waals surface area contributed by atoms with Gasteiger partial charge in [-0.25, -0.2) is 28.7 Å². The van der Waals surface area contributed by atoms with Crippen molar-refractivity contribution >= 4 is 22.5 Å². The highest BCUT2D eigenvalue weighted by Gasteiger charge is 2.23. The molecule has 1 aromatic carbocycles. The van der Waals surface area contributed by atoms with Gasteiger partial charge in [0.25, 0.3) is 6.43 Å². The van der Waals surface area contributed by atoms with Crippen LogP contribution in [0.15, 0.2) is 36.5 Å². The van der Waals surface area contributed by atoms with Gasteiger partial charge in [-0.1, -0.05) is 12.1 Å². The number of hydrogen-bond acceptors (Lipinski definition) is 6. The predicted molar refractivity (Wildman–Crippen MR) is 95.7 cm³/mol. The summed E-state index contributed by atoms with van der Waals surface area (Å²) in [5.41, 5.74) is 0.543. The Morgan fingerprint density at radius 3 is 2.38 bits per heavy atom. The van der Waals surface area contributed by atoms with Crippen molar-refractivity contribution in [1.29, 1.82) is 0 Å². The molecule has 1 aliphatic heterocycles. The van der Waals surface area contributed by atoms with Crippen LogP contribution in [0.25, 0.3) is 10.9 Å². The zero-order valence-electron chi connectivity index (χ0n) is 14.3. The number of rotatable bonds is 3. The van der Waals surface area contributed by atoms with Crippen molar-refractivity contribution in [2.75, 3.05) is 36.0 Å². The zero-order chi connectivity index (χ0) is 18.1. The molecule has 1 fully saturated rings. The van der Waals surface area contributed by atoms with Crippen molar-refractivity contribution in [2.45, 2.75) is 13.3 Å². The Kier molecular flexibility index (Phi) is 4.32. The van der Waals surface area contributed by atoms with Crippen LogP contribution in [-0.2, 0) is 0 Å². The molecule has 1 saturated heterocycles. The van der Waals surface area contributed by atoms with Gasteiger partial charge in [0.1, 0.15) is 17.5 Å². The highest BCUT2D eigenvalue weighted by Crippen LogP contribution is 2.28. The van der Waals surface area contributed by atoms with Crippen molar-refractivity contribution in [3.63, 3.8) is 0 Å². The normalized spacial score (nSPS) is 15.1. The molecule has 26 heavy (non-hydrogen) atoms. The van der Waals surface area contributed by atoms with Crippen LogP contribution < -0.4 is 9.80 Å². The van der Waals surface area contributed by atoms with E-state index in [-0.39, 0.29) is 0 Å². The van der Waals surface area contributed by atoms with Gasteiger partial charge >= 0.3 is 0 Å². The van der Waals surface area contributed by atoms with Gasteiger partial charge < -0.3 is 9.80 Å². The van der Waals surface area contributed by atoms with E-state index < -0.39 is 12.2 Å². The maximum atomic E-state index is 13.2. The fraction of sp³-hybridized carbons (Fsp3) is 0.333. The summed E-state index contributed by atoms with van der Waals surface area (Å²) in [6, 6.07) is 9.17. The first kappa shape index (κ1) is 16.6. The summed E-state index contributed by atoms with van der Waals surface area (Å²) >= 11 is 0. The van der Waals surface area contributed by atoms with Gasteiger partial charge in [0, 0.05) is 37.8 Å². The summed E-state index contributed by atoms with van der Waals surface area (Å²) in [7, 11) is 0. The fourth-order valence-corrected chi connectivity index (χ4v) is 3.18. The minimum atomic E-state index is -2.69. The molecule has 0 amide bonds. The number of para-hydroxylation sites is 1. The number of benzene rings is 1. The van der Waals surface area contributed by atoms with Crippen molar-refractivity contribution in [1.82, 2.24) is 19.9 Å². The SMILES string of the molecule is Cc1nccc(N2CCN(c3nc(C(F)F)nc4ccccc34)CC2)n1. The molecule has 8 heteroatoms. The first-order valence-electron chi connectivity index (χ1n) is 8.46. The van der Waals surface area contributed by atoms with Crippen molar-refractivity contribution < 1.29 is 8.78 Å². The van der Waals surface area contributed by atoms with Gasteiger partial charge in [-0.3, -0.25) is 0 Å². The quantitative estimate of drug-likeness (QED) is 0.719. The van der Waals surface area contributed by atoms with E-state index in [9.17, 15) is 8.78 Å². The third kappa shape index (κ3) is 3.14. The van der Waals surface area contributed by atoms with Crippen molar-refractivity contribution in [3.8, 4) is 0 Å². The maximum Gasteiger partial charge on any atom is 0.297 e. The average molecular weight is 356 g/mol. The van der Waals surface area contributed by atoms with Crippen LogP contribution in [0.1, 0.15) is 18.1 Å². The molecular weight excluding hydrogens is 338 g/mol. The van der Waals surface area contributed by atoms with E-state index >= 15 is 0 Å². The van der Waals surface area contributed by atoms with Gasteiger partial charge in [0.05, 0.1) is 5.52 Å². The lowest BCUT2D eigenvalue weighted by atomic mass is 10.2. The smallest absolute Gasteiger partial charge is 0.297 e. The predicted octanol–water partition coefficient (Wildman–Crippen LogP) is 2.99. The Morgan fingerprint density at radius 1 is 0.923 bits per heavy atom. The second kappa shape index (κ2) is 6.78. The van der Waals surface area contributed by atoms with Crippen LogP contribution in [0.3, 0.4) is 0 Å². The number of alkyl halides is 2. The summed E-state index contributed by atoms with van der Waals surface area (Å²) in [5.74, 6) is 1.77. The van der Waals surface area contributed by atoms with Crippen LogP contribution in [-0.4, -0.2) is 46.1 Å². The molecule has 4 rings (SSSR count). The van der Waals surface area contributed by atoms with E-state index in [4.69, 9.17) is 0 Å². The Labute approximate surface area is 149 Å². The Bertz CT molecular complexity index is 924. The number of hydrogen-bond donors (Lipinski definition) is 0. The summed E-state index contributed by atoms with van der Waals surface area (Å²) < 4.78 is 26.4. The molecule has 0 aliphatic carbocycles. The standard InChI is InChI=1S/C18H18F2N6/c1-12-21-7-6-15(22-12)25-8-10-26(11-9-25)18-13-4-2-3-5-14(13)23-17(24-18)16(19)20/h2-7,16H,8-11H2,1H3. The molecule has 134 valence electrons. The van der Waals surface area contributed by atoms with Crippen LogP contribution in [0.2, 0.25) is 0 Å². The molecular formula is C18H18F2N6. The molecule has 6 nitrogen and oxygen atoms in total. The highest BCUT2D eigenvalue weighted by atomic mass is 19.3. The van der Waals surface area contributed by atoms with E-state index in [1.54, 1.807) is 18.3 Å². The topological polar surface area (TPSA) is 58.0 Å². The molecule has 0 bridgehead atoms. The van der Waals surface area contributed by atoms with Crippen LogP contribution in [0.5, 0.6) is 0 Å². The van der Waals surface area contributed by atoms with E-state index in [1.807, 2.05) is 30.0 Å². The van der Waals surface area contributed by atoms with E-state index in [0.717, 1.165) is 30.1 Å². The van der Waals surface area contributed by atoms with Crippen LogP contribution in [0.4, 0.5) is 20.4 Å². The molecule has 0 atom stereocenters. The van der Waals surface area contributed by atoms with Gasteiger partial charge in [0.15, 0.2) is 5.82 Å². The third-order valence-corrected chi connectivity index (χ3v) is 4.46. The summed E-state index contributed by atoms with van der Waals surface area (Å²) in [6.45, 7) is 4.68. The second-order valence-corrected chi connectivity index (χ2v) is 6.16. The lowest BCUT2D eigenvalue weighted by Gasteiger charge is -2.36. The first-order chi connectivity index (χ1) is 12.6. The highest BCUT2D eigenvalue weighted by molar-refractivity contribution is 5.89. The monoisotopic (exact) mass is 356 g/mol. The molecule has 3 heterocycles. The molecule has 0 saturated carbocycles. The van der Waals surface area contributed by atoms with Gasteiger partial charge in [-0.05, 0) is 25.1 Å². The number of nitrogens with zero attached hydrogens (tertiary/aromatic N) is 6. The van der Waals surface area contributed by atoms with E-state index in [1.165, 1.54) is 0 Å². The number of aromatic nitrogens is 4. The van der Waals surface area contributed by atoms with E-state index in [0.29, 0.717) is 24.4 Å². The summed E-state index contributed by atoms with van der Waals surface area (Å²) in [5, 5.41) is 0.795. The Balaban J connectivity index is 1.61. The molecule has 0 spiro atoms. The molecule has 0 N–H and O–H groups in total. The molecule has 1 aliphatic rings. The zero-order valence-corrected chi connectivity index (χ0v) is 14.3. The largest absolute Gasteiger partial charge is 0.353 e. The lowest BCUT2D eigenvalue weighted by Crippen LogP contribution is -2.47. The van der Waals surface area contributed by atoms with E-state index in [2.05, 4.69) is 24.8 Å². The minimum absolute atomic E-state index is 0.424. The third-order valence-electron chi connectivity index (χ3n) is 4.46. The first-order valence-corrected chi connectivity index (χ1v) is 8.46. The van der Waals surface area contributed by atoms with Gasteiger partial charge in [-0.15, -0.1) is 0 Å². The van der Waals surface area contributed by atoms with Crippen molar-refractivity contribution in [2.24, 2.45) is 0 Å². The number of fused-ring (bicyclic) bond motifs is 1. The number of halogens is 2. The molecule has 0 unspecified atom stereocenters. The molecule has 0 radical (unpaired) electrons. The molecule has 2 aromatic heterocycles. The average Bonchev–Trinajstić information content (AvgIpc) is 2.67. The maximum absolute atomic E-state index is 13.2. The fourth-order valence-electron chi connectivity index (χ4n) is 3.18. The van der Waals surface area contributed by atoms with Crippen molar-refractivity contribution in [3.05, 3.63) is 48.2 Å². The minimum Gasteiger partial charge on any atom is -0.353 e. The lowest BCUT2D eigenvalue weighted by molar-refractivity contribution is 0.141. The molecule has 3 aromatic rings. The number of piperazine rings is 1. The number of aryl methyl sites for hydroxylation is 1. The second-order valence-electron chi connectivity index (χ2n) is 6.16. The summed E-state index contributed by atoms with van der Waals surface area (Å²) in [4.78, 5) is 20.9.